The second-order valence-corrected chi connectivity index (χ2v) is 5.89. The van der Waals surface area contributed by atoms with Gasteiger partial charge in [0, 0.05) is 26.2 Å². The van der Waals surface area contributed by atoms with E-state index in [1.165, 1.54) is 0 Å². The van der Waals surface area contributed by atoms with E-state index >= 15 is 0 Å². The van der Waals surface area contributed by atoms with Crippen molar-refractivity contribution in [1.82, 2.24) is 26.6 Å². The van der Waals surface area contributed by atoms with Crippen LogP contribution < -0.4 is 26.6 Å². The molecule has 0 aromatic heterocycles. The molecule has 12 heteroatoms. The van der Waals surface area contributed by atoms with E-state index in [1.54, 1.807) is 0 Å². The van der Waals surface area contributed by atoms with Gasteiger partial charge in [-0.2, -0.15) is 0 Å². The number of ether oxygens (including phenoxy) is 2. The smallest absolute Gasteiger partial charge is 0.317 e. The van der Waals surface area contributed by atoms with E-state index in [9.17, 15) is 19.2 Å². The van der Waals surface area contributed by atoms with E-state index in [-0.39, 0.29) is 57.2 Å². The number of carbonyl (C=O) groups is 4. The summed E-state index contributed by atoms with van der Waals surface area (Å²) < 4.78 is 10.4. The zero-order valence-electron chi connectivity index (χ0n) is 16.9. The number of hydrogen-bond acceptors (Lipinski definition) is 8. The van der Waals surface area contributed by atoms with Gasteiger partial charge in [-0.1, -0.05) is 6.92 Å². The van der Waals surface area contributed by atoms with E-state index in [4.69, 9.17) is 14.6 Å². The zero-order valence-corrected chi connectivity index (χ0v) is 16.9. The average Bonchev–Trinajstić information content (AvgIpc) is 2.69. The lowest BCUT2D eigenvalue weighted by Crippen LogP contribution is -2.39. The van der Waals surface area contributed by atoms with E-state index in [0.717, 1.165) is 6.42 Å². The van der Waals surface area contributed by atoms with E-state index in [1.807, 2.05) is 6.92 Å². The summed E-state index contributed by atoms with van der Waals surface area (Å²) in [6, 6.07) is 0. The van der Waals surface area contributed by atoms with E-state index in [0.29, 0.717) is 32.8 Å². The van der Waals surface area contributed by atoms with Crippen molar-refractivity contribution in [3.05, 3.63) is 0 Å². The first kappa shape index (κ1) is 26.7. The number of carboxylic acid groups (broad SMARTS) is 1. The molecule has 0 atom stereocenters. The predicted octanol–water partition coefficient (Wildman–Crippen LogP) is -2.96. The Hall–Kier alpha value is -2.28. The molecule has 0 heterocycles. The Labute approximate surface area is 170 Å². The molecule has 29 heavy (non-hydrogen) atoms. The molecule has 0 spiro atoms. The zero-order chi connectivity index (χ0) is 21.7. The summed E-state index contributed by atoms with van der Waals surface area (Å²) in [4.78, 5) is 44.6. The summed E-state index contributed by atoms with van der Waals surface area (Å²) in [6.45, 7) is 4.35. The van der Waals surface area contributed by atoms with Gasteiger partial charge in [0.2, 0.25) is 17.7 Å². The molecule has 0 rings (SSSR count). The molecule has 0 aliphatic carbocycles. The Morgan fingerprint density at radius 2 is 1.31 bits per heavy atom. The van der Waals surface area contributed by atoms with Crippen molar-refractivity contribution in [2.24, 2.45) is 0 Å². The molecule has 0 aromatic rings. The van der Waals surface area contributed by atoms with E-state index < -0.39 is 5.97 Å². The number of carboxylic acids is 1. The summed E-state index contributed by atoms with van der Waals surface area (Å²) in [6.07, 6.45) is 0.831. The summed E-state index contributed by atoms with van der Waals surface area (Å²) in [5, 5.41) is 21.8. The third-order valence-electron chi connectivity index (χ3n) is 3.23. The number of aliphatic carboxylic acids is 1. The number of rotatable bonds is 19. The van der Waals surface area contributed by atoms with Gasteiger partial charge in [-0.05, 0) is 6.42 Å². The maximum atomic E-state index is 11.5. The average molecular weight is 419 g/mol. The summed E-state index contributed by atoms with van der Waals surface area (Å²) >= 11 is 0. The fourth-order valence-corrected chi connectivity index (χ4v) is 1.84. The number of amides is 3. The molecular formula is C17H33N5O7. The number of nitrogens with one attached hydrogen (secondary N) is 5. The standard InChI is InChI=1S/C17H33N5O7/c1-2-3-20-15(24)11-22-16(25)13-29-9-8-28-7-6-21-14(23)10-18-4-5-19-12-17(26)27/h18-19H,2-13H2,1H3,(H,20,24)(H,21,23)(H,22,25)(H,26,27). The first-order valence-corrected chi connectivity index (χ1v) is 9.54. The van der Waals surface area contributed by atoms with Crippen molar-refractivity contribution in [3.8, 4) is 0 Å². The highest BCUT2D eigenvalue weighted by Crippen LogP contribution is 1.80. The Balaban J connectivity index is 3.37. The second kappa shape index (κ2) is 19.1. The third kappa shape index (κ3) is 20.3. The van der Waals surface area contributed by atoms with E-state index in [2.05, 4.69) is 26.6 Å². The largest absolute Gasteiger partial charge is 0.480 e. The molecule has 12 nitrogen and oxygen atoms in total. The van der Waals surface area contributed by atoms with Crippen LogP contribution in [0.5, 0.6) is 0 Å². The van der Waals surface area contributed by atoms with Crippen LogP contribution in [0.1, 0.15) is 13.3 Å². The Morgan fingerprint density at radius 3 is 2.00 bits per heavy atom. The Bertz CT molecular complexity index is 491. The maximum absolute atomic E-state index is 11.5. The number of hydrogen-bond donors (Lipinski definition) is 6. The molecule has 0 saturated carbocycles. The van der Waals surface area contributed by atoms with Gasteiger partial charge in [0.15, 0.2) is 0 Å². The first-order chi connectivity index (χ1) is 14.0. The van der Waals surface area contributed by atoms with Crippen LogP contribution in [0.15, 0.2) is 0 Å². The van der Waals surface area contributed by atoms with Crippen LogP contribution in [0.3, 0.4) is 0 Å². The molecule has 6 N–H and O–H groups in total. The molecule has 0 bridgehead atoms. The molecule has 0 aliphatic heterocycles. The van der Waals surface area contributed by atoms with Crippen LogP contribution in [0, 0.1) is 0 Å². The molecular weight excluding hydrogens is 386 g/mol. The molecule has 168 valence electrons. The minimum atomic E-state index is -0.928. The van der Waals surface area contributed by atoms with Crippen molar-refractivity contribution in [3.63, 3.8) is 0 Å². The lowest BCUT2D eigenvalue weighted by molar-refractivity contribution is -0.136. The quantitative estimate of drug-likeness (QED) is 0.120. The van der Waals surface area contributed by atoms with Crippen LogP contribution in [0.4, 0.5) is 0 Å². The molecule has 0 aliphatic rings. The van der Waals surface area contributed by atoms with Gasteiger partial charge >= 0.3 is 5.97 Å². The van der Waals surface area contributed by atoms with Crippen molar-refractivity contribution in [2.45, 2.75) is 13.3 Å². The molecule has 0 aromatic carbocycles. The third-order valence-corrected chi connectivity index (χ3v) is 3.23. The number of carbonyl (C=O) groups excluding carboxylic acids is 3. The van der Waals surface area contributed by atoms with Crippen molar-refractivity contribution < 1.29 is 33.8 Å². The lowest BCUT2D eigenvalue weighted by Gasteiger charge is -2.09. The fourth-order valence-electron chi connectivity index (χ4n) is 1.84. The minimum absolute atomic E-state index is 0.0773. The van der Waals surface area contributed by atoms with Crippen LogP contribution in [0.2, 0.25) is 0 Å². The lowest BCUT2D eigenvalue weighted by atomic mass is 10.4. The van der Waals surface area contributed by atoms with Gasteiger partial charge in [-0.15, -0.1) is 0 Å². The minimum Gasteiger partial charge on any atom is -0.480 e. The van der Waals surface area contributed by atoms with Crippen LogP contribution in [-0.2, 0) is 28.7 Å². The monoisotopic (exact) mass is 419 g/mol. The van der Waals surface area contributed by atoms with Crippen LogP contribution >= 0.6 is 0 Å². The van der Waals surface area contributed by atoms with Crippen molar-refractivity contribution in [1.29, 1.82) is 0 Å². The van der Waals surface area contributed by atoms with Gasteiger partial charge in [-0.3, -0.25) is 19.2 Å². The second-order valence-electron chi connectivity index (χ2n) is 5.89. The highest BCUT2D eigenvalue weighted by atomic mass is 16.5. The molecule has 3 amide bonds. The predicted molar refractivity (Wildman–Crippen MR) is 104 cm³/mol. The maximum Gasteiger partial charge on any atom is 0.317 e. The van der Waals surface area contributed by atoms with Gasteiger partial charge in [0.25, 0.3) is 0 Å². The summed E-state index contributed by atoms with van der Waals surface area (Å²) in [5.74, 6) is -1.74. The topological polar surface area (TPSA) is 167 Å². The van der Waals surface area contributed by atoms with Crippen LogP contribution in [0.25, 0.3) is 0 Å². The summed E-state index contributed by atoms with van der Waals surface area (Å²) in [7, 11) is 0. The molecule has 0 unspecified atom stereocenters. The summed E-state index contributed by atoms with van der Waals surface area (Å²) in [5.41, 5.74) is 0. The molecule has 0 fully saturated rings. The van der Waals surface area contributed by atoms with Crippen molar-refractivity contribution >= 4 is 23.7 Å². The Kier molecular flexibility index (Phi) is 17.6. The Morgan fingerprint density at radius 1 is 0.690 bits per heavy atom. The molecule has 0 radical (unpaired) electrons. The molecule has 0 saturated heterocycles. The highest BCUT2D eigenvalue weighted by Gasteiger charge is 2.05. The fraction of sp³-hybridized carbons (Fsp3) is 0.765. The van der Waals surface area contributed by atoms with Gasteiger partial charge < -0.3 is 41.2 Å². The van der Waals surface area contributed by atoms with Crippen molar-refractivity contribution in [2.75, 3.05) is 72.2 Å². The van der Waals surface area contributed by atoms with Gasteiger partial charge in [0.05, 0.1) is 39.5 Å². The van der Waals surface area contributed by atoms with Gasteiger partial charge in [0.1, 0.15) is 6.61 Å². The SMILES string of the molecule is CCCNC(=O)CNC(=O)COCCOCCNC(=O)CNCCNCC(=O)O. The van der Waals surface area contributed by atoms with Crippen LogP contribution in [-0.4, -0.2) is 101 Å². The van der Waals surface area contributed by atoms with Gasteiger partial charge in [-0.25, -0.2) is 0 Å². The highest BCUT2D eigenvalue weighted by molar-refractivity contribution is 5.85. The first-order valence-electron chi connectivity index (χ1n) is 9.54. The normalized spacial score (nSPS) is 10.4.